The molecule has 0 aliphatic carbocycles. The van der Waals surface area contributed by atoms with Gasteiger partial charge in [0, 0.05) is 24.4 Å². The number of ether oxygens (including phenoxy) is 2. The predicted octanol–water partition coefficient (Wildman–Crippen LogP) is 2.67. The fourth-order valence-electron chi connectivity index (χ4n) is 5.19. The minimum Gasteiger partial charge on any atom is -0.466 e. The van der Waals surface area contributed by atoms with Crippen molar-refractivity contribution in [2.24, 2.45) is 0 Å². The third-order valence-corrected chi connectivity index (χ3v) is 7.24. The van der Waals surface area contributed by atoms with E-state index in [0.29, 0.717) is 25.3 Å². The third-order valence-electron chi connectivity index (χ3n) is 7.24. The number of nitrogens with one attached hydrogen (secondary N) is 1. The van der Waals surface area contributed by atoms with E-state index in [9.17, 15) is 28.0 Å². The topological polar surface area (TPSA) is 121 Å². The second-order valence-corrected chi connectivity index (χ2v) is 9.62. The molecule has 218 valence electrons. The molecule has 1 fully saturated rings. The van der Waals surface area contributed by atoms with Crippen LogP contribution in [0.4, 0.5) is 13.6 Å². The molecule has 3 heterocycles. The number of amides is 3. The molecular weight excluding hydrogens is 540 g/mol. The number of hydrogen-bond donors (Lipinski definition) is 1. The fourth-order valence-corrected chi connectivity index (χ4v) is 5.19. The van der Waals surface area contributed by atoms with Gasteiger partial charge in [-0.1, -0.05) is 12.1 Å². The molecule has 1 atom stereocenters. The third kappa shape index (κ3) is 6.51. The standard InChI is InChI=1S/C28H31F2N5O6/c1-40-26(37)23-24(27(38)41-2)32-28(39)35(25(23)19-7-8-20(29)21(30)16-19)34(17-36)13-5-12-33-14-9-18(10-15-33)22-6-3-4-11-31-22/h3-4,6-8,11,16-18,25H,5,9-10,12-15H2,1-2H3,(H,32,39). The number of piperidine rings is 1. The molecule has 4 rings (SSSR count). The monoisotopic (exact) mass is 571 g/mol. The lowest BCUT2D eigenvalue weighted by Crippen LogP contribution is -2.57. The van der Waals surface area contributed by atoms with E-state index in [-0.39, 0.29) is 12.1 Å². The SMILES string of the molecule is COC(=O)C1=C(C(=O)OC)C(c2ccc(F)c(F)c2)N(N(C=O)CCCN2CCC(c3ccccn3)CC2)C(=O)N1. The first-order valence-corrected chi connectivity index (χ1v) is 13.1. The average molecular weight is 572 g/mol. The number of urea groups is 1. The summed E-state index contributed by atoms with van der Waals surface area (Å²) in [6, 6.07) is 6.20. The number of hydrogen-bond acceptors (Lipinski definition) is 8. The van der Waals surface area contributed by atoms with E-state index in [1.54, 1.807) is 6.20 Å². The highest BCUT2D eigenvalue weighted by atomic mass is 19.2. The molecule has 1 saturated heterocycles. The molecule has 1 aromatic heterocycles. The summed E-state index contributed by atoms with van der Waals surface area (Å²) in [4.78, 5) is 57.7. The zero-order chi connectivity index (χ0) is 29.5. The number of halogens is 2. The van der Waals surface area contributed by atoms with Crippen LogP contribution in [0.3, 0.4) is 0 Å². The molecule has 13 heteroatoms. The van der Waals surface area contributed by atoms with Gasteiger partial charge in [-0.25, -0.2) is 28.2 Å². The second-order valence-electron chi connectivity index (χ2n) is 9.62. The first-order chi connectivity index (χ1) is 19.8. The van der Waals surface area contributed by atoms with E-state index < -0.39 is 46.9 Å². The normalized spacial score (nSPS) is 18.1. The Balaban J connectivity index is 1.55. The lowest BCUT2D eigenvalue weighted by Gasteiger charge is -2.42. The van der Waals surface area contributed by atoms with Crippen LogP contribution in [-0.4, -0.2) is 84.7 Å². The summed E-state index contributed by atoms with van der Waals surface area (Å²) in [5.41, 5.74) is 0.0637. The predicted molar refractivity (Wildman–Crippen MR) is 141 cm³/mol. The number of likely N-dealkylation sites (tertiary alicyclic amines) is 1. The Morgan fingerprint density at radius 3 is 2.44 bits per heavy atom. The molecule has 41 heavy (non-hydrogen) atoms. The largest absolute Gasteiger partial charge is 0.466 e. The van der Waals surface area contributed by atoms with Gasteiger partial charge in [-0.15, -0.1) is 0 Å². The summed E-state index contributed by atoms with van der Waals surface area (Å²) in [5.74, 6) is -4.12. The Labute approximate surface area is 235 Å². The van der Waals surface area contributed by atoms with Gasteiger partial charge in [0.05, 0.1) is 19.8 Å². The van der Waals surface area contributed by atoms with Gasteiger partial charge in [-0.2, -0.15) is 0 Å². The fraction of sp³-hybridized carbons (Fsp3) is 0.393. The van der Waals surface area contributed by atoms with Gasteiger partial charge < -0.3 is 14.4 Å². The van der Waals surface area contributed by atoms with Crippen LogP contribution >= 0.6 is 0 Å². The van der Waals surface area contributed by atoms with Crippen LogP contribution in [0.2, 0.25) is 0 Å². The zero-order valence-corrected chi connectivity index (χ0v) is 22.7. The summed E-state index contributed by atoms with van der Waals surface area (Å²) in [6.07, 6.45) is 4.52. The van der Waals surface area contributed by atoms with E-state index >= 15 is 0 Å². The lowest BCUT2D eigenvalue weighted by molar-refractivity contribution is -0.143. The highest BCUT2D eigenvalue weighted by Crippen LogP contribution is 2.36. The van der Waals surface area contributed by atoms with E-state index in [2.05, 4.69) is 15.2 Å². The minimum absolute atomic E-state index is 0.0548. The van der Waals surface area contributed by atoms with E-state index in [0.717, 1.165) is 74.1 Å². The van der Waals surface area contributed by atoms with Gasteiger partial charge >= 0.3 is 18.0 Å². The summed E-state index contributed by atoms with van der Waals surface area (Å²) < 4.78 is 37.7. The molecule has 2 aromatic rings. The highest BCUT2D eigenvalue weighted by Gasteiger charge is 2.45. The second kappa shape index (κ2) is 13.3. The van der Waals surface area contributed by atoms with Crippen molar-refractivity contribution in [3.05, 3.63) is 76.8 Å². The summed E-state index contributed by atoms with van der Waals surface area (Å²) >= 11 is 0. The smallest absolute Gasteiger partial charge is 0.355 e. The maximum Gasteiger partial charge on any atom is 0.355 e. The first-order valence-electron chi connectivity index (χ1n) is 13.1. The van der Waals surface area contributed by atoms with Crippen molar-refractivity contribution in [2.45, 2.75) is 31.2 Å². The van der Waals surface area contributed by atoms with E-state index in [4.69, 9.17) is 9.47 Å². The van der Waals surface area contributed by atoms with Crippen LogP contribution < -0.4 is 5.32 Å². The van der Waals surface area contributed by atoms with Crippen LogP contribution in [0.25, 0.3) is 0 Å². The van der Waals surface area contributed by atoms with Crippen molar-refractivity contribution in [1.82, 2.24) is 25.2 Å². The van der Waals surface area contributed by atoms with Gasteiger partial charge in [-0.05, 0) is 68.7 Å². The molecule has 2 aliphatic heterocycles. The quantitative estimate of drug-likeness (QED) is 0.341. The lowest BCUT2D eigenvalue weighted by atomic mass is 9.93. The number of carbonyl (C=O) groups excluding carboxylic acids is 4. The molecule has 2 aliphatic rings. The first kappa shape index (κ1) is 29.6. The van der Waals surface area contributed by atoms with Crippen LogP contribution in [0.5, 0.6) is 0 Å². The van der Waals surface area contributed by atoms with Crippen LogP contribution in [0.15, 0.2) is 53.9 Å². The van der Waals surface area contributed by atoms with Gasteiger partial charge in [0.2, 0.25) is 6.41 Å². The number of carbonyl (C=O) groups is 4. The molecule has 0 bridgehead atoms. The van der Waals surface area contributed by atoms with Crippen LogP contribution in [0, 0.1) is 11.6 Å². The number of nitrogens with zero attached hydrogens (tertiary/aromatic N) is 4. The van der Waals surface area contributed by atoms with Crippen molar-refractivity contribution < 1.29 is 37.4 Å². The van der Waals surface area contributed by atoms with E-state index in [1.807, 2.05) is 18.2 Å². The Morgan fingerprint density at radius 2 is 1.83 bits per heavy atom. The number of aromatic nitrogens is 1. The average Bonchev–Trinajstić information content (AvgIpc) is 3.00. The number of hydrazine groups is 1. The van der Waals surface area contributed by atoms with E-state index in [1.165, 1.54) is 0 Å². The zero-order valence-electron chi connectivity index (χ0n) is 22.7. The molecule has 1 unspecified atom stereocenters. The van der Waals surface area contributed by atoms with Crippen molar-refractivity contribution in [3.63, 3.8) is 0 Å². The highest BCUT2D eigenvalue weighted by molar-refractivity contribution is 6.05. The van der Waals surface area contributed by atoms with Gasteiger partial charge in [0.1, 0.15) is 11.7 Å². The molecular formula is C28H31F2N5O6. The summed E-state index contributed by atoms with van der Waals surface area (Å²) in [6.45, 7) is 2.35. The maximum atomic E-state index is 14.3. The van der Waals surface area contributed by atoms with Crippen LogP contribution in [0.1, 0.15) is 42.5 Å². The Morgan fingerprint density at radius 1 is 1.10 bits per heavy atom. The molecule has 1 aromatic carbocycles. The Kier molecular flexibility index (Phi) is 9.61. The van der Waals surface area contributed by atoms with Gasteiger partial charge in [-0.3, -0.25) is 20.1 Å². The maximum absolute atomic E-state index is 14.3. The Hall–Kier alpha value is -4.39. The molecule has 0 radical (unpaired) electrons. The van der Waals surface area contributed by atoms with Crippen molar-refractivity contribution in [1.29, 1.82) is 0 Å². The number of benzene rings is 1. The Bertz CT molecular complexity index is 1320. The molecule has 11 nitrogen and oxygen atoms in total. The number of esters is 2. The molecule has 3 amide bonds. The van der Waals surface area contributed by atoms with Crippen molar-refractivity contribution in [2.75, 3.05) is 40.4 Å². The summed E-state index contributed by atoms with van der Waals surface area (Å²) in [7, 11) is 2.11. The van der Waals surface area contributed by atoms with Crippen molar-refractivity contribution in [3.8, 4) is 0 Å². The van der Waals surface area contributed by atoms with Gasteiger partial charge in [0.15, 0.2) is 11.6 Å². The minimum atomic E-state index is -1.50. The molecule has 1 N–H and O–H groups in total. The van der Waals surface area contributed by atoms with Crippen LogP contribution in [-0.2, 0) is 23.9 Å². The van der Waals surface area contributed by atoms with Crippen molar-refractivity contribution >= 4 is 24.4 Å². The van der Waals surface area contributed by atoms with Gasteiger partial charge in [0.25, 0.3) is 0 Å². The number of pyridine rings is 1. The number of methoxy groups -OCH3 is 2. The molecule has 0 saturated carbocycles. The summed E-state index contributed by atoms with van der Waals surface area (Å²) in [5, 5.41) is 4.22. The number of rotatable bonds is 10. The molecule has 0 spiro atoms.